The van der Waals surface area contributed by atoms with E-state index >= 15 is 0 Å². The molecule has 0 fully saturated rings. The molecule has 0 unspecified atom stereocenters. The summed E-state index contributed by atoms with van der Waals surface area (Å²) in [5, 5.41) is 0.826. The van der Waals surface area contributed by atoms with Crippen molar-refractivity contribution in [3.05, 3.63) is 129 Å². The summed E-state index contributed by atoms with van der Waals surface area (Å²) >= 11 is 6.81. The first kappa shape index (κ1) is 17.1. The van der Waals surface area contributed by atoms with E-state index in [2.05, 4.69) is 98.8 Å². The fraction of sp³-hybridized carbons (Fsp3) is 0.143. The summed E-state index contributed by atoms with van der Waals surface area (Å²) in [7, 11) is 0. The molecule has 0 saturated carbocycles. The number of hydrogen-bond donors (Lipinski definition) is 0. The lowest BCUT2D eigenvalue weighted by molar-refractivity contribution is 0.563. The van der Waals surface area contributed by atoms with Crippen LogP contribution in [0.15, 0.2) is 91.0 Å². The molecule has 0 saturated heterocycles. The molecule has 0 nitrogen and oxygen atoms in total. The quantitative estimate of drug-likeness (QED) is 0.258. The molecule has 1 heteroatoms. The summed E-state index contributed by atoms with van der Waals surface area (Å²) in [6, 6.07) is 33.1. The predicted molar refractivity (Wildman–Crippen MR) is 121 cm³/mol. The Hall–Kier alpha value is -2.83. The Morgan fingerprint density at radius 1 is 0.517 bits per heavy atom. The third-order valence-electron chi connectivity index (χ3n) is 7.03. The van der Waals surface area contributed by atoms with Gasteiger partial charge in [0.15, 0.2) is 0 Å². The maximum atomic E-state index is 6.81. The molecule has 29 heavy (non-hydrogen) atoms. The lowest BCUT2D eigenvalue weighted by Gasteiger charge is -2.46. The summed E-state index contributed by atoms with van der Waals surface area (Å²) in [5.41, 5.74) is 10.2. The van der Waals surface area contributed by atoms with Crippen molar-refractivity contribution < 1.29 is 0 Å². The molecule has 0 radical (unpaired) electrons. The van der Waals surface area contributed by atoms with Crippen LogP contribution in [0.25, 0.3) is 11.1 Å². The maximum Gasteiger partial charge on any atom is 0.0720 e. The average molecular weight is 393 g/mol. The Balaban J connectivity index is 1.90. The van der Waals surface area contributed by atoms with Gasteiger partial charge in [-0.25, -0.2) is 0 Å². The van der Waals surface area contributed by atoms with Crippen molar-refractivity contribution in [2.45, 2.75) is 24.7 Å². The van der Waals surface area contributed by atoms with E-state index in [0.717, 1.165) is 5.02 Å². The van der Waals surface area contributed by atoms with Crippen LogP contribution < -0.4 is 0 Å². The topological polar surface area (TPSA) is 0 Å². The molecule has 2 aliphatic carbocycles. The molecular weight excluding hydrogens is 372 g/mol. The van der Waals surface area contributed by atoms with Gasteiger partial charge in [0.25, 0.3) is 0 Å². The molecule has 0 amide bonds. The van der Waals surface area contributed by atoms with Gasteiger partial charge in [-0.1, -0.05) is 110 Å². The van der Waals surface area contributed by atoms with E-state index in [-0.39, 0.29) is 10.8 Å². The third-order valence-corrected chi connectivity index (χ3v) is 7.34. The van der Waals surface area contributed by atoms with E-state index in [4.69, 9.17) is 11.6 Å². The Morgan fingerprint density at radius 3 is 1.62 bits per heavy atom. The van der Waals surface area contributed by atoms with E-state index in [9.17, 15) is 0 Å². The molecule has 140 valence electrons. The highest BCUT2D eigenvalue weighted by Crippen LogP contribution is 2.62. The van der Waals surface area contributed by atoms with Crippen LogP contribution in [0.3, 0.4) is 0 Å². The Bertz CT molecular complexity index is 1250. The Morgan fingerprint density at radius 2 is 1.00 bits per heavy atom. The number of hydrogen-bond acceptors (Lipinski definition) is 0. The summed E-state index contributed by atoms with van der Waals surface area (Å²) < 4.78 is 0. The molecule has 0 N–H and O–H groups in total. The Labute approximate surface area is 176 Å². The van der Waals surface area contributed by atoms with E-state index in [1.807, 2.05) is 6.07 Å². The normalized spacial score (nSPS) is 16.7. The summed E-state index contributed by atoms with van der Waals surface area (Å²) in [5.74, 6) is 0. The van der Waals surface area contributed by atoms with Crippen LogP contribution in [0.2, 0.25) is 5.02 Å². The minimum Gasteiger partial charge on any atom is -0.0837 e. The van der Waals surface area contributed by atoms with Gasteiger partial charge in [-0.15, -0.1) is 0 Å². The highest BCUT2D eigenvalue weighted by atomic mass is 35.5. The summed E-state index contributed by atoms with van der Waals surface area (Å²) in [6.07, 6.45) is 0. The minimum absolute atomic E-state index is 0.0608. The van der Waals surface area contributed by atoms with Gasteiger partial charge in [0.2, 0.25) is 0 Å². The smallest absolute Gasteiger partial charge is 0.0720 e. The molecule has 0 aromatic heterocycles. The third kappa shape index (κ3) is 1.91. The first-order valence-corrected chi connectivity index (χ1v) is 10.5. The fourth-order valence-electron chi connectivity index (χ4n) is 5.86. The van der Waals surface area contributed by atoms with Gasteiger partial charge in [0.1, 0.15) is 0 Å². The van der Waals surface area contributed by atoms with Crippen molar-refractivity contribution in [1.29, 1.82) is 0 Å². The first-order chi connectivity index (χ1) is 14.1. The van der Waals surface area contributed by atoms with Gasteiger partial charge in [-0.05, 0) is 45.0 Å². The van der Waals surface area contributed by atoms with Crippen LogP contribution in [0.4, 0.5) is 0 Å². The minimum atomic E-state index is -0.334. The highest BCUT2D eigenvalue weighted by molar-refractivity contribution is 6.34. The van der Waals surface area contributed by atoms with Gasteiger partial charge >= 0.3 is 0 Å². The van der Waals surface area contributed by atoms with Gasteiger partial charge in [0.05, 0.1) is 5.41 Å². The lowest BCUT2D eigenvalue weighted by Crippen LogP contribution is -2.40. The molecule has 4 aromatic rings. The Kier molecular flexibility index (Phi) is 3.30. The standard InChI is InChI=1S/C28H21Cl/c1-27(2)20-12-5-7-14-22(20)28(23-15-8-6-13-21(23)27)19-11-4-3-10-18(19)26-24(28)16-9-17-25(26)29/h3-17H,1-2H3. The number of benzene rings is 4. The maximum absolute atomic E-state index is 6.81. The van der Waals surface area contributed by atoms with E-state index in [0.29, 0.717) is 0 Å². The van der Waals surface area contributed by atoms with Crippen molar-refractivity contribution in [3.8, 4) is 11.1 Å². The zero-order valence-corrected chi connectivity index (χ0v) is 17.3. The second-order valence-electron chi connectivity index (χ2n) is 8.67. The molecular formula is C28H21Cl. The molecule has 0 bridgehead atoms. The number of rotatable bonds is 0. The van der Waals surface area contributed by atoms with Crippen molar-refractivity contribution in [2.75, 3.05) is 0 Å². The van der Waals surface area contributed by atoms with Crippen LogP contribution in [0.1, 0.15) is 47.2 Å². The number of fused-ring (bicyclic) bond motifs is 9. The van der Waals surface area contributed by atoms with E-state index in [1.54, 1.807) is 0 Å². The fourth-order valence-corrected chi connectivity index (χ4v) is 6.14. The molecule has 6 rings (SSSR count). The van der Waals surface area contributed by atoms with Crippen molar-refractivity contribution in [1.82, 2.24) is 0 Å². The van der Waals surface area contributed by atoms with Gasteiger partial charge in [-0.2, -0.15) is 0 Å². The van der Waals surface area contributed by atoms with Crippen LogP contribution >= 0.6 is 11.6 Å². The molecule has 0 heterocycles. The summed E-state index contributed by atoms with van der Waals surface area (Å²) in [6.45, 7) is 4.69. The largest absolute Gasteiger partial charge is 0.0837 e. The zero-order valence-electron chi connectivity index (χ0n) is 16.5. The van der Waals surface area contributed by atoms with E-state index in [1.165, 1.54) is 44.5 Å². The van der Waals surface area contributed by atoms with Crippen molar-refractivity contribution in [2.24, 2.45) is 0 Å². The average Bonchev–Trinajstić information content (AvgIpc) is 3.05. The van der Waals surface area contributed by atoms with Crippen LogP contribution in [-0.4, -0.2) is 0 Å². The first-order valence-electron chi connectivity index (χ1n) is 10.2. The SMILES string of the molecule is CC1(C)c2ccccc2C2(c3ccccc3-c3c(Cl)cccc32)c2ccccc21. The molecule has 0 atom stereocenters. The van der Waals surface area contributed by atoms with Gasteiger partial charge in [0, 0.05) is 16.0 Å². The monoisotopic (exact) mass is 392 g/mol. The second-order valence-corrected chi connectivity index (χ2v) is 9.08. The van der Waals surface area contributed by atoms with Gasteiger partial charge in [-0.3, -0.25) is 0 Å². The highest BCUT2D eigenvalue weighted by Gasteiger charge is 2.53. The molecule has 4 aromatic carbocycles. The summed E-state index contributed by atoms with van der Waals surface area (Å²) in [4.78, 5) is 0. The van der Waals surface area contributed by atoms with Crippen molar-refractivity contribution in [3.63, 3.8) is 0 Å². The van der Waals surface area contributed by atoms with Crippen LogP contribution in [-0.2, 0) is 10.8 Å². The molecule has 2 aliphatic rings. The van der Waals surface area contributed by atoms with E-state index < -0.39 is 0 Å². The van der Waals surface area contributed by atoms with Crippen LogP contribution in [0.5, 0.6) is 0 Å². The van der Waals surface area contributed by atoms with Gasteiger partial charge < -0.3 is 0 Å². The second kappa shape index (κ2) is 5.62. The van der Waals surface area contributed by atoms with Crippen LogP contribution in [0, 0.1) is 0 Å². The molecule has 1 spiro atoms. The molecule has 0 aliphatic heterocycles. The number of halogens is 1. The zero-order chi connectivity index (χ0) is 19.8. The lowest BCUT2D eigenvalue weighted by atomic mass is 9.55. The van der Waals surface area contributed by atoms with Crippen molar-refractivity contribution >= 4 is 11.6 Å². The predicted octanol–water partition coefficient (Wildman–Crippen LogP) is 7.34.